The number of thioether (sulfide) groups is 1. The Labute approximate surface area is 175 Å². The normalized spacial score (nSPS) is 21.4. The Morgan fingerprint density at radius 1 is 1.07 bits per heavy atom. The van der Waals surface area contributed by atoms with Gasteiger partial charge >= 0.3 is 0 Å². The molecule has 8 heteroatoms. The van der Waals surface area contributed by atoms with Crippen molar-refractivity contribution in [1.82, 2.24) is 9.80 Å². The molecular weight excluding hydrogens is 393 g/mol. The summed E-state index contributed by atoms with van der Waals surface area (Å²) in [7, 11) is 0. The fourth-order valence-corrected chi connectivity index (χ4v) is 5.04. The van der Waals surface area contributed by atoms with Crippen molar-refractivity contribution in [2.45, 2.75) is 38.2 Å². The van der Waals surface area contributed by atoms with Crippen LogP contribution in [0.2, 0.25) is 0 Å². The van der Waals surface area contributed by atoms with Gasteiger partial charge in [0.15, 0.2) is 0 Å². The summed E-state index contributed by atoms with van der Waals surface area (Å²) in [6.07, 6.45) is 5.58. The van der Waals surface area contributed by atoms with Crippen molar-refractivity contribution >= 4 is 28.6 Å². The third-order valence-corrected chi connectivity index (χ3v) is 6.79. The molecule has 0 spiro atoms. The van der Waals surface area contributed by atoms with E-state index in [4.69, 9.17) is 4.74 Å². The minimum Gasteiger partial charge on any atom is -0.488 e. The van der Waals surface area contributed by atoms with E-state index in [1.165, 1.54) is 23.8 Å². The van der Waals surface area contributed by atoms with Crippen LogP contribution in [0.5, 0.6) is 5.75 Å². The van der Waals surface area contributed by atoms with E-state index in [1.807, 2.05) is 0 Å². The molecule has 1 aliphatic carbocycles. The van der Waals surface area contributed by atoms with Crippen molar-refractivity contribution < 1.29 is 18.7 Å². The number of benzene rings is 1. The SMILES string of the molecule is O=C1CSC(=O)N1CCCN1CCN(c2cc(F)ccc2OC2CCCC2)CC1. The number of anilines is 1. The summed E-state index contributed by atoms with van der Waals surface area (Å²) >= 11 is 1.09. The maximum absolute atomic E-state index is 13.9. The second-order valence-electron chi connectivity index (χ2n) is 7.92. The van der Waals surface area contributed by atoms with Crippen molar-refractivity contribution in [3.05, 3.63) is 24.0 Å². The van der Waals surface area contributed by atoms with Crippen LogP contribution >= 0.6 is 11.8 Å². The fraction of sp³-hybridized carbons (Fsp3) is 0.619. The molecule has 0 radical (unpaired) electrons. The number of imide groups is 1. The van der Waals surface area contributed by atoms with Crippen LogP contribution in [-0.4, -0.2) is 72.1 Å². The van der Waals surface area contributed by atoms with E-state index in [1.54, 1.807) is 12.1 Å². The number of hydrogen-bond acceptors (Lipinski definition) is 6. The summed E-state index contributed by atoms with van der Waals surface area (Å²) in [6.45, 7) is 4.70. The first kappa shape index (κ1) is 20.5. The summed E-state index contributed by atoms with van der Waals surface area (Å²) in [5.74, 6) is 0.746. The highest BCUT2D eigenvalue weighted by atomic mass is 32.2. The molecule has 1 aromatic carbocycles. The molecule has 1 aromatic rings. The molecule has 0 bridgehead atoms. The van der Waals surface area contributed by atoms with E-state index in [9.17, 15) is 14.0 Å². The molecule has 0 unspecified atom stereocenters. The van der Waals surface area contributed by atoms with Crippen molar-refractivity contribution in [1.29, 1.82) is 0 Å². The maximum atomic E-state index is 13.9. The first-order chi connectivity index (χ1) is 14.1. The van der Waals surface area contributed by atoms with Crippen LogP contribution in [0.4, 0.5) is 14.9 Å². The van der Waals surface area contributed by atoms with Crippen molar-refractivity contribution in [2.75, 3.05) is 49.9 Å². The molecule has 6 nitrogen and oxygen atoms in total. The number of nitrogens with zero attached hydrogens (tertiary/aromatic N) is 3. The summed E-state index contributed by atoms with van der Waals surface area (Å²) in [5, 5.41) is -0.124. The molecule has 2 saturated heterocycles. The van der Waals surface area contributed by atoms with E-state index < -0.39 is 0 Å². The smallest absolute Gasteiger partial charge is 0.288 e. The minimum atomic E-state index is -0.237. The number of hydrogen-bond donors (Lipinski definition) is 0. The molecule has 0 aromatic heterocycles. The van der Waals surface area contributed by atoms with Crippen LogP contribution in [0.1, 0.15) is 32.1 Å². The van der Waals surface area contributed by atoms with E-state index >= 15 is 0 Å². The van der Waals surface area contributed by atoms with E-state index in [2.05, 4.69) is 9.80 Å². The van der Waals surface area contributed by atoms with Gasteiger partial charge < -0.3 is 9.64 Å². The molecule has 29 heavy (non-hydrogen) atoms. The lowest BCUT2D eigenvalue weighted by Gasteiger charge is -2.37. The number of ether oxygens (including phenoxy) is 1. The van der Waals surface area contributed by atoms with Gasteiger partial charge in [-0.3, -0.25) is 19.4 Å². The molecule has 3 aliphatic rings. The van der Waals surface area contributed by atoms with Gasteiger partial charge in [-0.15, -0.1) is 0 Å². The number of piperazine rings is 1. The Balaban J connectivity index is 1.28. The minimum absolute atomic E-state index is 0.0780. The molecule has 0 N–H and O–H groups in total. The number of rotatable bonds is 7. The van der Waals surface area contributed by atoms with Gasteiger partial charge in [0.05, 0.1) is 17.5 Å². The van der Waals surface area contributed by atoms with E-state index in [0.717, 1.165) is 75.2 Å². The standard InChI is InChI=1S/C21H28FN3O3S/c22-16-6-7-19(28-17-4-1-2-5-17)18(14-16)24-12-10-23(11-13-24)8-3-9-25-20(26)15-29-21(25)27/h6-7,14,17H,1-5,8-13,15H2. The largest absolute Gasteiger partial charge is 0.488 e. The lowest BCUT2D eigenvalue weighted by molar-refractivity contribution is -0.124. The van der Waals surface area contributed by atoms with Crippen LogP contribution < -0.4 is 9.64 Å². The molecular formula is C21H28FN3O3S. The molecule has 1 saturated carbocycles. The second kappa shape index (κ2) is 9.34. The van der Waals surface area contributed by atoms with Gasteiger partial charge in [-0.1, -0.05) is 11.8 Å². The summed E-state index contributed by atoms with van der Waals surface area (Å²) in [5.41, 5.74) is 0.849. The van der Waals surface area contributed by atoms with Crippen molar-refractivity contribution in [2.24, 2.45) is 0 Å². The van der Waals surface area contributed by atoms with Crippen LogP contribution in [0.25, 0.3) is 0 Å². The lowest BCUT2D eigenvalue weighted by atomic mass is 10.2. The Bertz CT molecular complexity index is 733. The second-order valence-corrected chi connectivity index (χ2v) is 8.85. The Hall–Kier alpha value is -1.80. The van der Waals surface area contributed by atoms with E-state index in [0.29, 0.717) is 6.54 Å². The number of amides is 2. The van der Waals surface area contributed by atoms with Crippen molar-refractivity contribution in [3.8, 4) is 5.75 Å². The monoisotopic (exact) mass is 421 g/mol. The Kier molecular flexibility index (Phi) is 6.60. The lowest BCUT2D eigenvalue weighted by Crippen LogP contribution is -2.47. The molecule has 3 fully saturated rings. The average Bonchev–Trinajstić information content (AvgIpc) is 3.35. The van der Waals surface area contributed by atoms with Crippen LogP contribution in [-0.2, 0) is 4.79 Å². The first-order valence-electron chi connectivity index (χ1n) is 10.5. The number of carbonyl (C=O) groups is 2. The fourth-order valence-electron chi connectivity index (χ4n) is 4.29. The van der Waals surface area contributed by atoms with Gasteiger partial charge in [0.2, 0.25) is 5.91 Å². The van der Waals surface area contributed by atoms with Gasteiger partial charge in [0.1, 0.15) is 11.6 Å². The molecule has 158 valence electrons. The highest BCUT2D eigenvalue weighted by Gasteiger charge is 2.29. The van der Waals surface area contributed by atoms with Crippen LogP contribution in [0.15, 0.2) is 18.2 Å². The van der Waals surface area contributed by atoms with Crippen molar-refractivity contribution in [3.63, 3.8) is 0 Å². The highest BCUT2D eigenvalue weighted by molar-refractivity contribution is 8.14. The molecule has 2 amide bonds. The van der Waals surface area contributed by atoms with Gasteiger partial charge in [-0.25, -0.2) is 4.39 Å². The summed E-state index contributed by atoms with van der Waals surface area (Å²) in [4.78, 5) is 29.2. The number of halogens is 1. The molecule has 0 atom stereocenters. The summed E-state index contributed by atoms with van der Waals surface area (Å²) < 4.78 is 20.1. The van der Waals surface area contributed by atoms with E-state index in [-0.39, 0.29) is 28.8 Å². The van der Waals surface area contributed by atoms with Crippen LogP contribution in [0, 0.1) is 5.82 Å². The summed E-state index contributed by atoms with van der Waals surface area (Å²) in [6, 6.07) is 4.82. The Morgan fingerprint density at radius 2 is 1.83 bits per heavy atom. The molecule has 2 heterocycles. The van der Waals surface area contributed by atoms with Gasteiger partial charge in [-0.2, -0.15) is 0 Å². The zero-order chi connectivity index (χ0) is 20.2. The third kappa shape index (κ3) is 5.04. The predicted octanol–water partition coefficient (Wildman–Crippen LogP) is 3.35. The molecule has 2 aliphatic heterocycles. The Morgan fingerprint density at radius 3 is 2.52 bits per heavy atom. The zero-order valence-electron chi connectivity index (χ0n) is 16.6. The van der Waals surface area contributed by atoms with Gasteiger partial charge in [-0.05, 0) is 50.8 Å². The zero-order valence-corrected chi connectivity index (χ0v) is 17.5. The average molecular weight is 422 g/mol. The number of carbonyl (C=O) groups excluding carboxylic acids is 2. The first-order valence-corrected chi connectivity index (χ1v) is 11.5. The third-order valence-electron chi connectivity index (χ3n) is 5.93. The topological polar surface area (TPSA) is 53.1 Å². The quantitative estimate of drug-likeness (QED) is 0.673. The van der Waals surface area contributed by atoms with Gasteiger partial charge in [0.25, 0.3) is 5.24 Å². The van der Waals surface area contributed by atoms with Gasteiger partial charge in [0, 0.05) is 38.8 Å². The predicted molar refractivity (Wildman–Crippen MR) is 112 cm³/mol. The highest BCUT2D eigenvalue weighted by Crippen LogP contribution is 2.33. The maximum Gasteiger partial charge on any atom is 0.288 e. The molecule has 4 rings (SSSR count). The van der Waals surface area contributed by atoms with Crippen LogP contribution in [0.3, 0.4) is 0 Å².